The summed E-state index contributed by atoms with van der Waals surface area (Å²) in [4.78, 5) is 16.8. The highest BCUT2D eigenvalue weighted by Crippen LogP contribution is 2.24. The maximum atomic E-state index is 13.1. The number of carbonyl (C=O) groups excluding carboxylic acids is 1. The second-order valence-corrected chi connectivity index (χ2v) is 7.35. The molecular weight excluding hydrogens is 403 g/mol. The minimum atomic E-state index is -0.380. The second kappa shape index (κ2) is 7.89. The van der Waals surface area contributed by atoms with Gasteiger partial charge in [-0.25, -0.2) is 9.37 Å². The van der Waals surface area contributed by atoms with Crippen LogP contribution in [0.1, 0.15) is 21.6 Å². The maximum Gasteiger partial charge on any atom is 0.252 e. The van der Waals surface area contributed by atoms with Crippen molar-refractivity contribution >= 4 is 33.2 Å². The first-order valence-corrected chi connectivity index (χ1v) is 9.45. The molecule has 0 fully saturated rings. The standard InChI is InChI=1S/C19H16BrFN2OS/c1-12-2-4-13(5-3-12)19-23-15(11-25-19)8-9-22-18(24)16-7-6-14(21)10-17(16)20/h2-7,10-11H,8-9H2,1H3,(H,22,24). The Balaban J connectivity index is 1.57. The van der Waals surface area contributed by atoms with Gasteiger partial charge in [0.25, 0.3) is 5.91 Å². The van der Waals surface area contributed by atoms with E-state index in [1.807, 2.05) is 5.38 Å². The highest BCUT2D eigenvalue weighted by atomic mass is 79.9. The molecule has 0 spiro atoms. The lowest BCUT2D eigenvalue weighted by atomic mass is 10.2. The Labute approximate surface area is 158 Å². The highest BCUT2D eigenvalue weighted by Gasteiger charge is 2.11. The average Bonchev–Trinajstić information content (AvgIpc) is 3.04. The number of thiazole rings is 1. The van der Waals surface area contributed by atoms with E-state index >= 15 is 0 Å². The highest BCUT2D eigenvalue weighted by molar-refractivity contribution is 9.10. The van der Waals surface area contributed by atoms with E-state index in [4.69, 9.17) is 0 Å². The van der Waals surface area contributed by atoms with Gasteiger partial charge in [-0.3, -0.25) is 4.79 Å². The Morgan fingerprint density at radius 3 is 2.72 bits per heavy atom. The SMILES string of the molecule is Cc1ccc(-c2nc(CCNC(=O)c3ccc(F)cc3Br)cs2)cc1. The van der Waals surface area contributed by atoms with Crippen LogP contribution in [0.25, 0.3) is 10.6 Å². The van der Waals surface area contributed by atoms with E-state index < -0.39 is 0 Å². The topological polar surface area (TPSA) is 42.0 Å². The third-order valence-electron chi connectivity index (χ3n) is 3.69. The maximum absolute atomic E-state index is 13.1. The number of carbonyl (C=O) groups is 1. The molecule has 0 saturated heterocycles. The minimum absolute atomic E-state index is 0.235. The van der Waals surface area contributed by atoms with E-state index in [-0.39, 0.29) is 11.7 Å². The number of amides is 1. The van der Waals surface area contributed by atoms with Gasteiger partial charge in [0, 0.05) is 28.4 Å². The largest absolute Gasteiger partial charge is 0.352 e. The van der Waals surface area contributed by atoms with Crippen molar-refractivity contribution in [3.8, 4) is 10.6 Å². The molecule has 25 heavy (non-hydrogen) atoms. The zero-order chi connectivity index (χ0) is 17.8. The van der Waals surface area contributed by atoms with Crippen molar-refractivity contribution in [2.45, 2.75) is 13.3 Å². The molecule has 2 aromatic carbocycles. The van der Waals surface area contributed by atoms with Gasteiger partial charge in [0.1, 0.15) is 10.8 Å². The molecule has 1 heterocycles. The summed E-state index contributed by atoms with van der Waals surface area (Å²) in [5, 5.41) is 5.82. The summed E-state index contributed by atoms with van der Waals surface area (Å²) in [7, 11) is 0. The fourth-order valence-electron chi connectivity index (χ4n) is 2.32. The number of hydrogen-bond donors (Lipinski definition) is 1. The van der Waals surface area contributed by atoms with Crippen LogP contribution in [0.15, 0.2) is 52.3 Å². The summed E-state index contributed by atoms with van der Waals surface area (Å²) in [5.74, 6) is -0.615. The summed E-state index contributed by atoms with van der Waals surface area (Å²) in [6, 6.07) is 12.3. The van der Waals surface area contributed by atoms with Gasteiger partial charge in [-0.05, 0) is 41.1 Å². The van der Waals surface area contributed by atoms with Crippen molar-refractivity contribution in [1.29, 1.82) is 0 Å². The van der Waals surface area contributed by atoms with Crippen LogP contribution in [0.3, 0.4) is 0 Å². The molecule has 3 nitrogen and oxygen atoms in total. The molecule has 0 bridgehead atoms. The summed E-state index contributed by atoms with van der Waals surface area (Å²) in [6.45, 7) is 2.53. The molecule has 3 aromatic rings. The molecule has 3 rings (SSSR count). The van der Waals surface area contributed by atoms with Crippen LogP contribution in [-0.2, 0) is 6.42 Å². The first-order chi connectivity index (χ1) is 12.0. The van der Waals surface area contributed by atoms with Crippen LogP contribution in [0, 0.1) is 12.7 Å². The van der Waals surface area contributed by atoms with Crippen LogP contribution in [0.4, 0.5) is 4.39 Å². The first kappa shape index (κ1) is 17.8. The molecule has 128 valence electrons. The van der Waals surface area contributed by atoms with Crippen molar-refractivity contribution in [2.24, 2.45) is 0 Å². The summed E-state index contributed by atoms with van der Waals surface area (Å²) < 4.78 is 13.5. The number of nitrogens with zero attached hydrogens (tertiary/aromatic N) is 1. The number of aromatic nitrogens is 1. The average molecular weight is 419 g/mol. The van der Waals surface area contributed by atoms with Gasteiger partial charge < -0.3 is 5.32 Å². The number of benzene rings is 2. The van der Waals surface area contributed by atoms with Crippen molar-refractivity contribution in [3.63, 3.8) is 0 Å². The molecule has 6 heteroatoms. The summed E-state index contributed by atoms with van der Waals surface area (Å²) in [6.07, 6.45) is 0.646. The fraction of sp³-hybridized carbons (Fsp3) is 0.158. The van der Waals surface area contributed by atoms with Crippen LogP contribution < -0.4 is 5.32 Å². The van der Waals surface area contributed by atoms with Crippen molar-refractivity contribution in [2.75, 3.05) is 6.54 Å². The predicted molar refractivity (Wildman–Crippen MR) is 102 cm³/mol. The molecule has 1 amide bonds. The Kier molecular flexibility index (Phi) is 5.60. The van der Waals surface area contributed by atoms with Crippen LogP contribution in [0.2, 0.25) is 0 Å². The van der Waals surface area contributed by atoms with Gasteiger partial charge in [0.2, 0.25) is 0 Å². The van der Waals surface area contributed by atoms with E-state index in [1.54, 1.807) is 11.3 Å². The van der Waals surface area contributed by atoms with Crippen LogP contribution in [-0.4, -0.2) is 17.4 Å². The number of aryl methyl sites for hydroxylation is 1. The van der Waals surface area contributed by atoms with Gasteiger partial charge in [0.05, 0.1) is 11.3 Å². The first-order valence-electron chi connectivity index (χ1n) is 7.77. The number of nitrogens with one attached hydrogen (secondary N) is 1. The monoisotopic (exact) mass is 418 g/mol. The predicted octanol–water partition coefficient (Wildman–Crippen LogP) is 4.99. The Morgan fingerprint density at radius 2 is 2.00 bits per heavy atom. The Morgan fingerprint density at radius 1 is 1.24 bits per heavy atom. The number of rotatable bonds is 5. The third kappa shape index (κ3) is 4.52. The van der Waals surface area contributed by atoms with Gasteiger partial charge in [-0.15, -0.1) is 11.3 Å². The lowest BCUT2D eigenvalue weighted by Crippen LogP contribution is -2.26. The number of hydrogen-bond acceptors (Lipinski definition) is 3. The van der Waals surface area contributed by atoms with Crippen molar-refractivity contribution < 1.29 is 9.18 Å². The molecule has 0 aliphatic carbocycles. The van der Waals surface area contributed by atoms with E-state index in [9.17, 15) is 9.18 Å². The molecule has 0 aliphatic rings. The number of halogens is 2. The molecule has 0 unspecified atom stereocenters. The van der Waals surface area contributed by atoms with Gasteiger partial charge in [-0.2, -0.15) is 0 Å². The van der Waals surface area contributed by atoms with Gasteiger partial charge in [-0.1, -0.05) is 29.8 Å². The van der Waals surface area contributed by atoms with Crippen LogP contribution in [0.5, 0.6) is 0 Å². The summed E-state index contributed by atoms with van der Waals surface area (Å²) in [5.41, 5.74) is 3.68. The van der Waals surface area contributed by atoms with E-state index in [0.717, 1.165) is 16.3 Å². The molecule has 0 saturated carbocycles. The molecule has 0 radical (unpaired) electrons. The fourth-order valence-corrected chi connectivity index (χ4v) is 3.71. The zero-order valence-electron chi connectivity index (χ0n) is 13.6. The Hall–Kier alpha value is -2.05. The van der Waals surface area contributed by atoms with Gasteiger partial charge in [0.15, 0.2) is 0 Å². The van der Waals surface area contributed by atoms with E-state index in [0.29, 0.717) is 23.0 Å². The van der Waals surface area contributed by atoms with E-state index in [1.165, 1.54) is 23.8 Å². The summed E-state index contributed by atoms with van der Waals surface area (Å²) >= 11 is 4.80. The third-order valence-corrected chi connectivity index (χ3v) is 5.29. The van der Waals surface area contributed by atoms with Crippen molar-refractivity contribution in [3.05, 3.63) is 75.0 Å². The van der Waals surface area contributed by atoms with Gasteiger partial charge >= 0.3 is 0 Å². The lowest BCUT2D eigenvalue weighted by Gasteiger charge is -2.06. The minimum Gasteiger partial charge on any atom is -0.352 e. The normalized spacial score (nSPS) is 10.7. The van der Waals surface area contributed by atoms with Crippen LogP contribution >= 0.6 is 27.3 Å². The lowest BCUT2D eigenvalue weighted by molar-refractivity contribution is 0.0953. The quantitative estimate of drug-likeness (QED) is 0.633. The molecule has 1 N–H and O–H groups in total. The molecule has 1 aromatic heterocycles. The molecular formula is C19H16BrFN2OS. The Bertz CT molecular complexity index is 893. The van der Waals surface area contributed by atoms with E-state index in [2.05, 4.69) is 57.4 Å². The molecule has 0 atom stereocenters. The molecule has 0 aliphatic heterocycles. The smallest absolute Gasteiger partial charge is 0.252 e. The van der Waals surface area contributed by atoms with Crippen molar-refractivity contribution in [1.82, 2.24) is 10.3 Å². The second-order valence-electron chi connectivity index (χ2n) is 5.64. The zero-order valence-corrected chi connectivity index (χ0v) is 16.0.